The van der Waals surface area contributed by atoms with Crippen molar-refractivity contribution < 1.29 is 4.79 Å². The summed E-state index contributed by atoms with van der Waals surface area (Å²) in [6.07, 6.45) is 3.73. The molecule has 1 N–H and O–H groups in total. The highest BCUT2D eigenvalue weighted by Crippen LogP contribution is 2.08. The van der Waals surface area contributed by atoms with Gasteiger partial charge in [-0.25, -0.2) is 0 Å². The zero-order valence-electron chi connectivity index (χ0n) is 11.7. The molecule has 2 rings (SSSR count). The van der Waals surface area contributed by atoms with E-state index in [1.54, 1.807) is 9.36 Å². The van der Waals surface area contributed by atoms with Crippen LogP contribution in [0.15, 0.2) is 18.5 Å². The number of carbonyl (C=O) groups excluding carboxylic acids is 1. The quantitative estimate of drug-likeness (QED) is 0.896. The van der Waals surface area contributed by atoms with Gasteiger partial charge in [-0.05, 0) is 26.8 Å². The Labute approximate surface area is 112 Å². The van der Waals surface area contributed by atoms with Crippen LogP contribution in [0.1, 0.15) is 29.9 Å². The predicted octanol–water partition coefficient (Wildman–Crippen LogP) is 1.11. The van der Waals surface area contributed by atoms with Crippen molar-refractivity contribution in [2.24, 2.45) is 7.05 Å². The number of rotatable bonds is 4. The first kappa shape index (κ1) is 13.3. The number of hydrogen-bond acceptors (Lipinski definition) is 3. The Morgan fingerprint density at radius 1 is 1.42 bits per heavy atom. The monoisotopic (exact) mass is 261 g/mol. The molecule has 0 aromatic carbocycles. The van der Waals surface area contributed by atoms with Crippen LogP contribution in [0.25, 0.3) is 0 Å². The summed E-state index contributed by atoms with van der Waals surface area (Å²) >= 11 is 0. The second-order valence-corrected chi connectivity index (χ2v) is 4.74. The second kappa shape index (κ2) is 5.26. The molecule has 102 valence electrons. The van der Waals surface area contributed by atoms with Crippen LogP contribution in [-0.2, 0) is 18.4 Å². The van der Waals surface area contributed by atoms with Crippen molar-refractivity contribution in [2.75, 3.05) is 0 Å². The lowest BCUT2D eigenvalue weighted by molar-refractivity contribution is -0.124. The Hall–Kier alpha value is -2.11. The van der Waals surface area contributed by atoms with Crippen molar-refractivity contribution >= 4 is 5.91 Å². The number of hydrogen-bond donors (Lipinski definition) is 1. The molecule has 0 bridgehead atoms. The molecule has 0 aliphatic heterocycles. The number of nitrogens with zero attached hydrogens (tertiary/aromatic N) is 4. The molecule has 2 aromatic heterocycles. The van der Waals surface area contributed by atoms with Gasteiger partial charge in [0.2, 0.25) is 5.91 Å². The fourth-order valence-corrected chi connectivity index (χ4v) is 1.92. The minimum Gasteiger partial charge on any atom is -0.350 e. The van der Waals surface area contributed by atoms with E-state index in [1.165, 1.54) is 0 Å². The van der Waals surface area contributed by atoms with Crippen LogP contribution in [0.4, 0.5) is 0 Å². The molecule has 0 spiro atoms. The topological polar surface area (TPSA) is 64.7 Å². The first-order chi connectivity index (χ1) is 8.97. The van der Waals surface area contributed by atoms with Crippen molar-refractivity contribution in [3.63, 3.8) is 0 Å². The number of nitrogens with one attached hydrogen (secondary N) is 1. The molecule has 0 aliphatic rings. The van der Waals surface area contributed by atoms with E-state index in [1.807, 2.05) is 46.3 Å². The Kier molecular flexibility index (Phi) is 3.69. The summed E-state index contributed by atoms with van der Waals surface area (Å²) in [5, 5.41) is 11.4. The molecule has 2 heterocycles. The van der Waals surface area contributed by atoms with Crippen molar-refractivity contribution in [3.05, 3.63) is 35.4 Å². The van der Waals surface area contributed by atoms with Crippen LogP contribution < -0.4 is 5.32 Å². The fraction of sp³-hybridized carbons (Fsp3) is 0.462. The van der Waals surface area contributed by atoms with E-state index >= 15 is 0 Å². The predicted molar refractivity (Wildman–Crippen MR) is 71.5 cm³/mol. The molecule has 6 heteroatoms. The molecule has 0 aliphatic carbocycles. The molecule has 1 amide bonds. The van der Waals surface area contributed by atoms with E-state index in [2.05, 4.69) is 15.5 Å². The number of aryl methyl sites for hydroxylation is 3. The molecule has 1 unspecified atom stereocenters. The van der Waals surface area contributed by atoms with E-state index in [9.17, 15) is 4.79 Å². The highest BCUT2D eigenvalue weighted by Gasteiger charge is 2.15. The van der Waals surface area contributed by atoms with Gasteiger partial charge in [-0.15, -0.1) is 0 Å². The summed E-state index contributed by atoms with van der Waals surface area (Å²) in [4.78, 5) is 12.0. The lowest BCUT2D eigenvalue weighted by Crippen LogP contribution is -2.31. The van der Waals surface area contributed by atoms with Crippen LogP contribution in [0.5, 0.6) is 0 Å². The summed E-state index contributed by atoms with van der Waals surface area (Å²) in [5.74, 6) is -0.0497. The lowest BCUT2D eigenvalue weighted by atomic mass is 10.2. The van der Waals surface area contributed by atoms with E-state index in [0.717, 1.165) is 17.0 Å². The Bertz CT molecular complexity index is 584. The maximum absolute atomic E-state index is 12.0. The van der Waals surface area contributed by atoms with Crippen molar-refractivity contribution in [2.45, 2.75) is 33.4 Å². The minimum absolute atomic E-state index is 0.0497. The van der Waals surface area contributed by atoms with Crippen LogP contribution in [0.3, 0.4) is 0 Å². The molecule has 0 radical (unpaired) electrons. The molecular weight excluding hydrogens is 242 g/mol. The van der Waals surface area contributed by atoms with E-state index in [0.29, 0.717) is 6.54 Å². The lowest BCUT2D eigenvalue weighted by Gasteiger charge is -2.12. The minimum atomic E-state index is -0.314. The summed E-state index contributed by atoms with van der Waals surface area (Å²) in [6, 6.07) is 1.57. The summed E-state index contributed by atoms with van der Waals surface area (Å²) in [7, 11) is 1.87. The second-order valence-electron chi connectivity index (χ2n) is 4.74. The highest BCUT2D eigenvalue weighted by molar-refractivity contribution is 5.79. The van der Waals surface area contributed by atoms with Gasteiger partial charge in [0.25, 0.3) is 0 Å². The fourth-order valence-electron chi connectivity index (χ4n) is 1.92. The first-order valence-corrected chi connectivity index (χ1v) is 6.26. The van der Waals surface area contributed by atoms with E-state index in [4.69, 9.17) is 0 Å². The largest absolute Gasteiger partial charge is 0.350 e. The first-order valence-electron chi connectivity index (χ1n) is 6.26. The molecular formula is C13H19N5O. The third-order valence-electron chi connectivity index (χ3n) is 3.09. The maximum atomic E-state index is 12.0. The average Bonchev–Trinajstić information content (AvgIpc) is 2.91. The molecule has 2 aromatic rings. The third kappa shape index (κ3) is 3.01. The van der Waals surface area contributed by atoms with Gasteiger partial charge in [-0.1, -0.05) is 0 Å². The maximum Gasteiger partial charge on any atom is 0.244 e. The number of carbonyl (C=O) groups is 1. The van der Waals surface area contributed by atoms with Gasteiger partial charge in [-0.3, -0.25) is 14.2 Å². The van der Waals surface area contributed by atoms with Gasteiger partial charge in [-0.2, -0.15) is 10.2 Å². The average molecular weight is 261 g/mol. The summed E-state index contributed by atoms with van der Waals surface area (Å²) in [5.41, 5.74) is 2.87. The molecule has 0 saturated heterocycles. The zero-order valence-corrected chi connectivity index (χ0v) is 11.7. The van der Waals surface area contributed by atoms with Crippen LogP contribution in [-0.4, -0.2) is 25.5 Å². The SMILES string of the molecule is Cc1ccn(C(C)C(=O)NCc2cn(C)nc2C)n1. The standard InChI is InChI=1S/C13H19N5O/c1-9-5-6-18(15-9)11(3)13(19)14-7-12-8-17(4)16-10(12)2/h5-6,8,11H,7H2,1-4H3,(H,14,19). The van der Waals surface area contributed by atoms with Gasteiger partial charge < -0.3 is 5.32 Å². The molecule has 0 fully saturated rings. The van der Waals surface area contributed by atoms with E-state index < -0.39 is 0 Å². The molecule has 1 atom stereocenters. The molecule has 0 saturated carbocycles. The van der Waals surface area contributed by atoms with Gasteiger partial charge in [0, 0.05) is 31.5 Å². The Balaban J connectivity index is 1.96. The van der Waals surface area contributed by atoms with Gasteiger partial charge in [0.05, 0.1) is 11.4 Å². The molecule has 19 heavy (non-hydrogen) atoms. The van der Waals surface area contributed by atoms with Gasteiger partial charge in [0.15, 0.2) is 0 Å². The van der Waals surface area contributed by atoms with Gasteiger partial charge >= 0.3 is 0 Å². The van der Waals surface area contributed by atoms with Crippen molar-refractivity contribution in [1.82, 2.24) is 24.9 Å². The van der Waals surface area contributed by atoms with Gasteiger partial charge in [0.1, 0.15) is 6.04 Å². The zero-order chi connectivity index (χ0) is 14.0. The number of amides is 1. The van der Waals surface area contributed by atoms with Crippen LogP contribution in [0, 0.1) is 13.8 Å². The third-order valence-corrected chi connectivity index (χ3v) is 3.09. The van der Waals surface area contributed by atoms with Crippen LogP contribution >= 0.6 is 0 Å². The van der Waals surface area contributed by atoms with Crippen molar-refractivity contribution in [3.8, 4) is 0 Å². The molecule has 6 nitrogen and oxygen atoms in total. The normalized spacial score (nSPS) is 12.4. The summed E-state index contributed by atoms with van der Waals surface area (Å²) in [6.45, 7) is 6.16. The van der Waals surface area contributed by atoms with Crippen LogP contribution in [0.2, 0.25) is 0 Å². The number of aromatic nitrogens is 4. The highest BCUT2D eigenvalue weighted by atomic mass is 16.2. The smallest absolute Gasteiger partial charge is 0.244 e. The van der Waals surface area contributed by atoms with Crippen molar-refractivity contribution in [1.29, 1.82) is 0 Å². The summed E-state index contributed by atoms with van der Waals surface area (Å²) < 4.78 is 3.41. The Morgan fingerprint density at radius 2 is 2.16 bits per heavy atom. The van der Waals surface area contributed by atoms with E-state index in [-0.39, 0.29) is 11.9 Å². The Morgan fingerprint density at radius 3 is 2.68 bits per heavy atom.